The molecule has 1 rings (SSSR count). The van der Waals surface area contributed by atoms with E-state index in [4.69, 9.17) is 15.0 Å². The summed E-state index contributed by atoms with van der Waals surface area (Å²) < 4.78 is 23.0. The van der Waals surface area contributed by atoms with Crippen LogP contribution in [0.15, 0.2) is 29.2 Å². The molecule has 0 aromatic heterocycles. The molecule has 0 fully saturated rings. The summed E-state index contributed by atoms with van der Waals surface area (Å²) >= 11 is 0. The number of benzene rings is 1. The number of amides is 1. The van der Waals surface area contributed by atoms with Crippen molar-refractivity contribution in [2.24, 2.45) is 5.73 Å². The number of methoxy groups -OCH3 is 1. The molecule has 6 nitrogen and oxygen atoms in total. The van der Waals surface area contributed by atoms with Crippen LogP contribution in [0.3, 0.4) is 0 Å². The Labute approximate surface area is 114 Å². The summed E-state index contributed by atoms with van der Waals surface area (Å²) in [4.78, 5) is 11.6. The molecule has 0 radical (unpaired) electrons. The second kappa shape index (κ2) is 6.88. The van der Waals surface area contributed by atoms with E-state index in [1.165, 1.54) is 0 Å². The van der Waals surface area contributed by atoms with Gasteiger partial charge in [0, 0.05) is 19.3 Å². The molecule has 8 N–H and O–H groups in total. The molecule has 2 unspecified atom stereocenters. The first-order valence-corrected chi connectivity index (χ1v) is 7.64. The summed E-state index contributed by atoms with van der Waals surface area (Å²) in [7, 11) is -0.973. The third-order valence-electron chi connectivity index (χ3n) is 2.80. The predicted molar refractivity (Wildman–Crippen MR) is 74.7 cm³/mol. The smallest absolute Gasteiger partial charge is 0.280 e. The van der Waals surface area contributed by atoms with E-state index in [2.05, 4.69) is 5.73 Å². The summed E-state index contributed by atoms with van der Waals surface area (Å²) in [6, 6.07) is 6.06. The van der Waals surface area contributed by atoms with Gasteiger partial charge in [0.25, 0.3) is 5.91 Å². The Bertz CT molecular complexity index is 422. The van der Waals surface area contributed by atoms with Gasteiger partial charge >= 0.3 is 0 Å². The maximum Gasteiger partial charge on any atom is 0.280 e. The van der Waals surface area contributed by atoms with Crippen molar-refractivity contribution < 1.29 is 24.4 Å². The highest BCUT2D eigenvalue weighted by Crippen LogP contribution is 2.48. The van der Waals surface area contributed by atoms with Gasteiger partial charge < -0.3 is 20.8 Å². The van der Waals surface area contributed by atoms with Crippen LogP contribution < -0.4 is 11.5 Å². The van der Waals surface area contributed by atoms with Crippen LogP contribution in [0.5, 0.6) is 0 Å². The van der Waals surface area contributed by atoms with E-state index in [1.807, 2.05) is 0 Å². The Morgan fingerprint density at radius 3 is 2.58 bits per heavy atom. The SMILES string of the molecule is COCCCS(O)([OH2+])c1ccc(C([NH3+])C(N)=O)cc1. The van der Waals surface area contributed by atoms with Gasteiger partial charge in [-0.15, -0.1) is 0 Å². The van der Waals surface area contributed by atoms with Crippen molar-refractivity contribution in [2.75, 3.05) is 19.5 Å². The molecule has 0 bridgehead atoms. The predicted octanol–water partition coefficient (Wildman–Crippen LogP) is -0.232. The number of carbonyl (C=O) groups is 1. The van der Waals surface area contributed by atoms with Crippen LogP contribution in [0.25, 0.3) is 0 Å². The van der Waals surface area contributed by atoms with Gasteiger partial charge in [-0.3, -0.25) is 9.35 Å². The monoisotopic (exact) mass is 290 g/mol. The minimum Gasteiger partial charge on any atom is -0.385 e. The van der Waals surface area contributed by atoms with Crippen LogP contribution in [0.1, 0.15) is 18.0 Å². The lowest BCUT2D eigenvalue weighted by atomic mass is 10.1. The Morgan fingerprint density at radius 2 is 2.11 bits per heavy atom. The fourth-order valence-electron chi connectivity index (χ4n) is 1.62. The second-order valence-electron chi connectivity index (χ2n) is 4.28. The fraction of sp³-hybridized carbons (Fsp3) is 0.417. The van der Waals surface area contributed by atoms with Crippen LogP contribution in [0, 0.1) is 0 Å². The lowest BCUT2D eigenvalue weighted by molar-refractivity contribution is -0.409. The first kappa shape index (κ1) is 15.9. The zero-order valence-corrected chi connectivity index (χ0v) is 11.8. The molecular weight excluding hydrogens is 268 g/mol. The molecule has 108 valence electrons. The van der Waals surface area contributed by atoms with Crippen molar-refractivity contribution in [3.63, 3.8) is 0 Å². The molecule has 0 aliphatic rings. The molecule has 0 spiro atoms. The second-order valence-corrected chi connectivity index (χ2v) is 6.56. The van der Waals surface area contributed by atoms with Gasteiger partial charge in [-0.1, -0.05) is 22.7 Å². The molecule has 0 heterocycles. The average Bonchev–Trinajstić information content (AvgIpc) is 2.38. The number of carbonyl (C=O) groups excluding carboxylic acids is 1. The summed E-state index contributed by atoms with van der Waals surface area (Å²) in [6.45, 7) is 0.523. The highest BCUT2D eigenvalue weighted by molar-refractivity contribution is 8.24. The molecule has 1 amide bonds. The number of nitrogens with two attached hydrogens (primary N) is 1. The summed E-state index contributed by atoms with van der Waals surface area (Å²) in [5.74, 6) is -0.134. The van der Waals surface area contributed by atoms with Crippen molar-refractivity contribution in [3.8, 4) is 0 Å². The van der Waals surface area contributed by atoms with Crippen molar-refractivity contribution in [2.45, 2.75) is 17.4 Å². The first-order chi connectivity index (χ1) is 8.88. The van der Waals surface area contributed by atoms with Crippen molar-refractivity contribution >= 4 is 16.5 Å². The van der Waals surface area contributed by atoms with Crippen LogP contribution >= 0.6 is 10.6 Å². The van der Waals surface area contributed by atoms with Gasteiger partial charge in [0.1, 0.15) is 4.90 Å². The van der Waals surface area contributed by atoms with Crippen LogP contribution in [-0.2, 0) is 9.53 Å². The van der Waals surface area contributed by atoms with E-state index >= 15 is 0 Å². The third kappa shape index (κ3) is 4.48. The van der Waals surface area contributed by atoms with E-state index < -0.39 is 22.5 Å². The van der Waals surface area contributed by atoms with E-state index in [0.29, 0.717) is 29.2 Å². The minimum absolute atomic E-state index is 0.365. The minimum atomic E-state index is -2.56. The lowest BCUT2D eigenvalue weighted by Crippen LogP contribution is -2.59. The number of ether oxygens (including phenoxy) is 1. The zero-order valence-electron chi connectivity index (χ0n) is 11.0. The summed E-state index contributed by atoms with van der Waals surface area (Å²) in [5, 5.41) is 0. The Balaban J connectivity index is 2.77. The topological polar surface area (TPSA) is 123 Å². The Kier molecular flexibility index (Phi) is 5.77. The number of quaternary nitrogens is 1. The molecular formula is C12H22N2O4S+2. The van der Waals surface area contributed by atoms with Crippen molar-refractivity contribution in [1.29, 1.82) is 0 Å². The lowest BCUT2D eigenvalue weighted by Gasteiger charge is -2.28. The van der Waals surface area contributed by atoms with Gasteiger partial charge in [-0.2, -0.15) is 0 Å². The molecule has 0 saturated heterocycles. The molecule has 2 atom stereocenters. The third-order valence-corrected chi connectivity index (χ3v) is 4.74. The molecule has 1 aromatic rings. The molecule has 0 aliphatic carbocycles. The normalized spacial score (nSPS) is 17.5. The van der Waals surface area contributed by atoms with E-state index in [0.717, 1.165) is 0 Å². The fourth-order valence-corrected chi connectivity index (χ4v) is 2.98. The zero-order chi connectivity index (χ0) is 14.5. The Morgan fingerprint density at radius 1 is 1.53 bits per heavy atom. The molecule has 0 aliphatic heterocycles. The highest BCUT2D eigenvalue weighted by atomic mass is 32.3. The van der Waals surface area contributed by atoms with E-state index in [-0.39, 0.29) is 0 Å². The number of primary amides is 1. The van der Waals surface area contributed by atoms with Crippen molar-refractivity contribution in [1.82, 2.24) is 0 Å². The maximum atomic E-state index is 11.0. The summed E-state index contributed by atoms with van der Waals surface area (Å²) in [6.07, 6.45) is 0.632. The first-order valence-electron chi connectivity index (χ1n) is 5.88. The summed E-state index contributed by atoms with van der Waals surface area (Å²) in [5.41, 5.74) is 9.53. The average molecular weight is 290 g/mol. The molecule has 7 heteroatoms. The van der Waals surface area contributed by atoms with Gasteiger partial charge in [-0.25, -0.2) is 0 Å². The number of hydrogen-bond acceptors (Lipinski definition) is 3. The number of rotatable bonds is 7. The van der Waals surface area contributed by atoms with Crippen LogP contribution in [0.2, 0.25) is 0 Å². The molecule has 1 aromatic carbocycles. The largest absolute Gasteiger partial charge is 0.385 e. The standard InChI is InChI=1S/C12H20N2O4S/c1-18-7-2-8-19(16,17)10-5-3-9(4-6-10)11(13)12(14)15/h3-6,11,16-17H,2,7-8,13H2,1H3,(H2,14,15)/p+2. The molecule has 19 heavy (non-hydrogen) atoms. The van der Waals surface area contributed by atoms with Gasteiger partial charge in [0.2, 0.25) is 0 Å². The highest BCUT2D eigenvalue weighted by Gasteiger charge is 2.21. The van der Waals surface area contributed by atoms with Crippen LogP contribution in [-0.4, -0.2) is 34.5 Å². The maximum absolute atomic E-state index is 11.0. The van der Waals surface area contributed by atoms with Gasteiger partial charge in [0.05, 0.1) is 5.75 Å². The van der Waals surface area contributed by atoms with E-state index in [9.17, 15) is 9.35 Å². The van der Waals surface area contributed by atoms with Gasteiger partial charge in [-0.05, 0) is 18.6 Å². The Hall–Kier alpha value is -1.12. The quantitative estimate of drug-likeness (QED) is 0.474. The van der Waals surface area contributed by atoms with Crippen molar-refractivity contribution in [3.05, 3.63) is 29.8 Å². The van der Waals surface area contributed by atoms with Crippen LogP contribution in [0.4, 0.5) is 0 Å². The van der Waals surface area contributed by atoms with Gasteiger partial charge in [0.15, 0.2) is 6.04 Å². The number of hydrogen-bond donors (Lipinski definition) is 3. The van der Waals surface area contributed by atoms with E-state index in [1.54, 1.807) is 31.4 Å². The molecule has 0 saturated carbocycles.